The second kappa shape index (κ2) is 6.19. The topological polar surface area (TPSA) is 63.6 Å². The van der Waals surface area contributed by atoms with Gasteiger partial charge in [0.15, 0.2) is 0 Å². The van der Waals surface area contributed by atoms with Crippen molar-refractivity contribution in [3.05, 3.63) is 11.6 Å². The predicted octanol–water partition coefficient (Wildman–Crippen LogP) is 3.81. The number of hydrogen-bond donors (Lipinski definition) is 1. The molecule has 4 aliphatic rings. The molecule has 0 aromatic heterocycles. The zero-order valence-corrected chi connectivity index (χ0v) is 16.3. The van der Waals surface area contributed by atoms with Gasteiger partial charge in [-0.15, -0.1) is 0 Å². The SMILES string of the molecule is CCC(=O)O[C@@H]1CC[C@@]2(C)C(=C[C@@H](O)[C@@H]3[C@@H]2CC[C@]2(C)C(=O)CC[C@@H]32)C1. The molecule has 0 spiro atoms. The van der Waals surface area contributed by atoms with Crippen LogP contribution >= 0.6 is 0 Å². The number of aliphatic hydroxyl groups excluding tert-OH is 1. The Labute approximate surface area is 156 Å². The van der Waals surface area contributed by atoms with Crippen LogP contribution in [-0.2, 0) is 14.3 Å². The number of ether oxygens (including phenoxy) is 1. The molecule has 0 amide bonds. The largest absolute Gasteiger partial charge is 0.462 e. The van der Waals surface area contributed by atoms with Crippen LogP contribution in [0.5, 0.6) is 0 Å². The lowest BCUT2D eigenvalue weighted by atomic mass is 9.47. The number of Topliss-reactive ketones (excluding diaryl/α,β-unsaturated/α-hetero) is 1. The Morgan fingerprint density at radius 3 is 2.62 bits per heavy atom. The van der Waals surface area contributed by atoms with E-state index in [0.717, 1.165) is 38.5 Å². The van der Waals surface area contributed by atoms with E-state index in [0.29, 0.717) is 30.5 Å². The van der Waals surface area contributed by atoms with Gasteiger partial charge in [0, 0.05) is 24.7 Å². The summed E-state index contributed by atoms with van der Waals surface area (Å²) in [5, 5.41) is 11.0. The number of hydrogen-bond acceptors (Lipinski definition) is 4. The highest BCUT2D eigenvalue weighted by atomic mass is 16.5. The van der Waals surface area contributed by atoms with E-state index < -0.39 is 6.10 Å². The number of fused-ring (bicyclic) bond motifs is 5. The first-order valence-electron chi connectivity index (χ1n) is 10.4. The summed E-state index contributed by atoms with van der Waals surface area (Å²) in [4.78, 5) is 24.2. The van der Waals surface area contributed by atoms with Crippen LogP contribution in [0.4, 0.5) is 0 Å². The molecule has 0 heterocycles. The van der Waals surface area contributed by atoms with Crippen molar-refractivity contribution in [2.75, 3.05) is 0 Å². The van der Waals surface area contributed by atoms with Crippen molar-refractivity contribution in [3.8, 4) is 0 Å². The lowest BCUT2D eigenvalue weighted by Gasteiger charge is -2.58. The van der Waals surface area contributed by atoms with Crippen LogP contribution in [0.3, 0.4) is 0 Å². The molecular weight excluding hydrogens is 328 g/mol. The minimum Gasteiger partial charge on any atom is -0.462 e. The zero-order chi connectivity index (χ0) is 18.7. The van der Waals surface area contributed by atoms with Crippen LogP contribution in [0.2, 0.25) is 0 Å². The highest BCUT2D eigenvalue weighted by Crippen LogP contribution is 2.64. The van der Waals surface area contributed by atoms with Crippen LogP contribution in [0.25, 0.3) is 0 Å². The second-order valence-electron chi connectivity index (χ2n) is 9.52. The summed E-state index contributed by atoms with van der Waals surface area (Å²) in [7, 11) is 0. The van der Waals surface area contributed by atoms with Crippen molar-refractivity contribution in [2.24, 2.45) is 28.6 Å². The summed E-state index contributed by atoms with van der Waals surface area (Å²) in [6.45, 7) is 6.31. The molecule has 26 heavy (non-hydrogen) atoms. The molecule has 4 heteroatoms. The summed E-state index contributed by atoms with van der Waals surface area (Å²) < 4.78 is 5.60. The number of carbonyl (C=O) groups excluding carboxylic acids is 2. The van der Waals surface area contributed by atoms with Gasteiger partial charge < -0.3 is 9.84 Å². The van der Waals surface area contributed by atoms with Gasteiger partial charge in [-0.3, -0.25) is 9.59 Å². The summed E-state index contributed by atoms with van der Waals surface area (Å²) in [6.07, 6.45) is 8.20. The summed E-state index contributed by atoms with van der Waals surface area (Å²) in [6, 6.07) is 0. The van der Waals surface area contributed by atoms with Crippen LogP contribution in [0.1, 0.15) is 72.1 Å². The van der Waals surface area contributed by atoms with Crippen molar-refractivity contribution in [1.29, 1.82) is 0 Å². The first-order valence-corrected chi connectivity index (χ1v) is 10.4. The number of esters is 1. The Morgan fingerprint density at radius 1 is 1.19 bits per heavy atom. The minimum atomic E-state index is -0.473. The van der Waals surface area contributed by atoms with Gasteiger partial charge in [-0.2, -0.15) is 0 Å². The third-order valence-corrected chi connectivity index (χ3v) is 8.38. The fourth-order valence-corrected chi connectivity index (χ4v) is 6.76. The average Bonchev–Trinajstić information content (AvgIpc) is 2.91. The molecule has 0 bridgehead atoms. The lowest BCUT2D eigenvalue weighted by molar-refractivity contribution is -0.151. The van der Waals surface area contributed by atoms with Gasteiger partial charge in [-0.05, 0) is 55.3 Å². The Morgan fingerprint density at radius 2 is 1.88 bits per heavy atom. The quantitative estimate of drug-likeness (QED) is 0.601. The smallest absolute Gasteiger partial charge is 0.305 e. The standard InChI is InChI=1S/C22H32O4/c1-4-19(25)26-14-7-9-21(2)13(11-14)12-17(23)20-15-5-6-18(24)22(15,3)10-8-16(20)21/h12,14-17,20,23H,4-11H2,1-3H3/t14-,15+,16+,17-,20+,21+,22+/m1/s1. The molecule has 0 radical (unpaired) electrons. The predicted molar refractivity (Wildman–Crippen MR) is 98.3 cm³/mol. The number of rotatable bonds is 2. The van der Waals surface area contributed by atoms with E-state index in [2.05, 4.69) is 19.9 Å². The molecule has 0 aromatic rings. The van der Waals surface area contributed by atoms with Crippen molar-refractivity contribution in [1.82, 2.24) is 0 Å². The maximum absolute atomic E-state index is 12.5. The van der Waals surface area contributed by atoms with E-state index in [-0.39, 0.29) is 28.8 Å². The van der Waals surface area contributed by atoms with E-state index in [1.807, 2.05) is 6.92 Å². The summed E-state index contributed by atoms with van der Waals surface area (Å²) in [5.41, 5.74) is 1.13. The fraction of sp³-hybridized carbons (Fsp3) is 0.818. The fourth-order valence-electron chi connectivity index (χ4n) is 6.76. The van der Waals surface area contributed by atoms with Crippen molar-refractivity contribution in [3.63, 3.8) is 0 Å². The average molecular weight is 360 g/mol. The molecule has 3 saturated carbocycles. The van der Waals surface area contributed by atoms with E-state index in [9.17, 15) is 14.7 Å². The molecule has 144 valence electrons. The van der Waals surface area contributed by atoms with Gasteiger partial charge in [-0.1, -0.05) is 32.4 Å². The van der Waals surface area contributed by atoms with E-state index >= 15 is 0 Å². The van der Waals surface area contributed by atoms with Crippen LogP contribution in [0.15, 0.2) is 11.6 Å². The molecule has 3 fully saturated rings. The van der Waals surface area contributed by atoms with Crippen molar-refractivity contribution in [2.45, 2.75) is 84.3 Å². The zero-order valence-electron chi connectivity index (χ0n) is 16.3. The lowest BCUT2D eigenvalue weighted by Crippen LogP contribution is -2.54. The van der Waals surface area contributed by atoms with Gasteiger partial charge in [0.2, 0.25) is 0 Å². The molecule has 0 saturated heterocycles. The van der Waals surface area contributed by atoms with E-state index in [4.69, 9.17) is 4.74 Å². The molecule has 4 rings (SSSR count). The highest BCUT2D eigenvalue weighted by Gasteiger charge is 2.60. The van der Waals surface area contributed by atoms with Gasteiger partial charge in [0.1, 0.15) is 11.9 Å². The highest BCUT2D eigenvalue weighted by molar-refractivity contribution is 5.87. The summed E-state index contributed by atoms with van der Waals surface area (Å²) >= 11 is 0. The van der Waals surface area contributed by atoms with Crippen molar-refractivity contribution >= 4 is 11.8 Å². The molecule has 0 unspecified atom stereocenters. The van der Waals surface area contributed by atoms with Gasteiger partial charge >= 0.3 is 5.97 Å². The van der Waals surface area contributed by atoms with Gasteiger partial charge in [0.05, 0.1) is 6.10 Å². The van der Waals surface area contributed by atoms with Crippen molar-refractivity contribution < 1.29 is 19.4 Å². The Hall–Kier alpha value is -1.16. The van der Waals surface area contributed by atoms with Crippen LogP contribution in [-0.4, -0.2) is 29.1 Å². The molecule has 0 aliphatic heterocycles. The van der Waals surface area contributed by atoms with Crippen LogP contribution < -0.4 is 0 Å². The minimum absolute atomic E-state index is 0.0487. The van der Waals surface area contributed by atoms with Crippen LogP contribution in [0, 0.1) is 28.6 Å². The Kier molecular flexibility index (Phi) is 4.33. The van der Waals surface area contributed by atoms with E-state index in [1.54, 1.807) is 0 Å². The Bertz CT molecular complexity index is 653. The maximum Gasteiger partial charge on any atom is 0.305 e. The number of carbonyl (C=O) groups is 2. The molecular formula is C22H32O4. The van der Waals surface area contributed by atoms with E-state index in [1.165, 1.54) is 5.57 Å². The third-order valence-electron chi connectivity index (χ3n) is 8.38. The first-order chi connectivity index (χ1) is 12.3. The molecule has 1 N–H and O–H groups in total. The number of ketones is 1. The molecule has 7 atom stereocenters. The summed E-state index contributed by atoms with van der Waals surface area (Å²) in [5.74, 6) is 1.22. The third kappa shape index (κ3) is 2.51. The second-order valence-corrected chi connectivity index (χ2v) is 9.52. The molecule has 4 aliphatic carbocycles. The first kappa shape index (κ1) is 18.2. The normalized spacial score (nSPS) is 47.5. The van der Waals surface area contributed by atoms with Gasteiger partial charge in [-0.25, -0.2) is 0 Å². The molecule has 4 nitrogen and oxygen atoms in total. The monoisotopic (exact) mass is 360 g/mol. The Balaban J connectivity index is 1.62. The maximum atomic E-state index is 12.5. The number of aliphatic hydroxyl groups is 1. The molecule has 0 aromatic carbocycles. The van der Waals surface area contributed by atoms with Gasteiger partial charge in [0.25, 0.3) is 0 Å².